The van der Waals surface area contributed by atoms with Crippen molar-refractivity contribution >= 4 is 0 Å². The summed E-state index contributed by atoms with van der Waals surface area (Å²) in [5, 5.41) is 10.3. The Morgan fingerprint density at radius 1 is 1.37 bits per heavy atom. The van der Waals surface area contributed by atoms with Gasteiger partial charge in [-0.15, -0.1) is 0 Å². The second-order valence-corrected chi connectivity index (χ2v) is 5.63. The van der Waals surface area contributed by atoms with Gasteiger partial charge in [0.15, 0.2) is 0 Å². The molecule has 0 bridgehead atoms. The number of β-amino-alcohol motifs (C(OH)–C–C–N with tert-alkyl or cyclic N) is 1. The first-order valence-electron chi connectivity index (χ1n) is 6.68. The number of rotatable bonds is 4. The molecule has 1 unspecified atom stereocenters. The molecule has 106 valence electrons. The third kappa shape index (κ3) is 3.93. The van der Waals surface area contributed by atoms with Crippen molar-refractivity contribution in [1.29, 1.82) is 0 Å². The van der Waals surface area contributed by atoms with Gasteiger partial charge in [0.1, 0.15) is 5.75 Å². The summed E-state index contributed by atoms with van der Waals surface area (Å²) in [5.41, 5.74) is 0.794. The highest BCUT2D eigenvalue weighted by Crippen LogP contribution is 2.22. The third-order valence-corrected chi connectivity index (χ3v) is 3.44. The van der Waals surface area contributed by atoms with Gasteiger partial charge in [-0.25, -0.2) is 0 Å². The Balaban J connectivity index is 1.94. The van der Waals surface area contributed by atoms with Gasteiger partial charge >= 0.3 is 0 Å². The molecule has 1 saturated heterocycles. The molecule has 0 saturated carbocycles. The van der Waals surface area contributed by atoms with Crippen molar-refractivity contribution in [3.63, 3.8) is 0 Å². The summed E-state index contributed by atoms with van der Waals surface area (Å²) < 4.78 is 10.8. The summed E-state index contributed by atoms with van der Waals surface area (Å²) in [6, 6.07) is 7.58. The number of morpholine rings is 1. The van der Waals surface area contributed by atoms with Crippen molar-refractivity contribution in [2.45, 2.75) is 25.6 Å². The molecule has 0 amide bonds. The van der Waals surface area contributed by atoms with E-state index in [2.05, 4.69) is 18.7 Å². The van der Waals surface area contributed by atoms with Gasteiger partial charge < -0.3 is 14.6 Å². The Kier molecular flexibility index (Phi) is 4.45. The molecule has 1 aromatic rings. The van der Waals surface area contributed by atoms with E-state index in [9.17, 15) is 5.11 Å². The van der Waals surface area contributed by atoms with Gasteiger partial charge in [-0.05, 0) is 31.5 Å². The number of aliphatic hydroxyl groups is 1. The average molecular weight is 265 g/mol. The van der Waals surface area contributed by atoms with E-state index in [1.54, 1.807) is 7.11 Å². The van der Waals surface area contributed by atoms with Crippen LogP contribution in [-0.4, -0.2) is 49.0 Å². The molecule has 1 fully saturated rings. The number of methoxy groups -OCH3 is 1. The van der Waals surface area contributed by atoms with Crippen LogP contribution in [0, 0.1) is 0 Å². The average Bonchev–Trinajstić information content (AvgIpc) is 2.37. The number of nitrogens with zero attached hydrogens (tertiary/aromatic N) is 1. The lowest BCUT2D eigenvalue weighted by Gasteiger charge is -2.38. The third-order valence-electron chi connectivity index (χ3n) is 3.44. The SMILES string of the molecule is COc1ccc(C(O)CN2CCOC(C)(C)C2)cc1. The minimum atomic E-state index is -0.472. The van der Waals surface area contributed by atoms with E-state index in [-0.39, 0.29) is 5.60 Å². The van der Waals surface area contributed by atoms with Gasteiger partial charge in [-0.3, -0.25) is 4.90 Å². The molecule has 0 aliphatic carbocycles. The number of hydrogen-bond acceptors (Lipinski definition) is 4. The van der Waals surface area contributed by atoms with Crippen molar-refractivity contribution in [2.24, 2.45) is 0 Å². The second-order valence-electron chi connectivity index (χ2n) is 5.63. The Hall–Kier alpha value is -1.10. The standard InChI is InChI=1S/C15H23NO3/c1-15(2)11-16(8-9-19-15)10-14(17)12-4-6-13(18-3)7-5-12/h4-7,14,17H,8-11H2,1-3H3. The van der Waals surface area contributed by atoms with E-state index in [4.69, 9.17) is 9.47 Å². The van der Waals surface area contributed by atoms with Crippen LogP contribution in [0.4, 0.5) is 0 Å². The predicted molar refractivity (Wildman–Crippen MR) is 74.4 cm³/mol. The molecule has 0 radical (unpaired) electrons. The topological polar surface area (TPSA) is 41.9 Å². The first-order valence-corrected chi connectivity index (χ1v) is 6.68. The Bertz CT molecular complexity index is 402. The summed E-state index contributed by atoms with van der Waals surface area (Å²) in [6.07, 6.45) is -0.472. The molecule has 1 N–H and O–H groups in total. The normalized spacial score (nSPS) is 21.1. The van der Waals surface area contributed by atoms with Gasteiger partial charge in [0.2, 0.25) is 0 Å². The molecule has 1 heterocycles. The fourth-order valence-corrected chi connectivity index (χ4v) is 2.45. The lowest BCUT2D eigenvalue weighted by Crippen LogP contribution is -2.49. The quantitative estimate of drug-likeness (QED) is 0.902. The van der Waals surface area contributed by atoms with Crippen LogP contribution in [-0.2, 0) is 4.74 Å². The highest BCUT2D eigenvalue weighted by molar-refractivity contribution is 5.28. The molecule has 1 aliphatic rings. The molecule has 4 nitrogen and oxygen atoms in total. The monoisotopic (exact) mass is 265 g/mol. The van der Waals surface area contributed by atoms with E-state index in [0.29, 0.717) is 6.54 Å². The number of aliphatic hydroxyl groups excluding tert-OH is 1. The zero-order chi connectivity index (χ0) is 13.9. The molecule has 1 aliphatic heterocycles. The zero-order valence-electron chi connectivity index (χ0n) is 11.9. The molecular weight excluding hydrogens is 242 g/mol. The van der Waals surface area contributed by atoms with E-state index in [1.807, 2.05) is 24.3 Å². The van der Waals surface area contributed by atoms with Crippen molar-refractivity contribution in [1.82, 2.24) is 4.90 Å². The summed E-state index contributed by atoms with van der Waals surface area (Å²) in [4.78, 5) is 2.25. The van der Waals surface area contributed by atoms with Crippen molar-refractivity contribution in [3.05, 3.63) is 29.8 Å². The van der Waals surface area contributed by atoms with Crippen LogP contribution in [0.2, 0.25) is 0 Å². The van der Waals surface area contributed by atoms with Crippen LogP contribution in [0.5, 0.6) is 5.75 Å². The molecule has 1 aromatic carbocycles. The van der Waals surface area contributed by atoms with Gasteiger partial charge in [0.25, 0.3) is 0 Å². The minimum Gasteiger partial charge on any atom is -0.497 e. The van der Waals surface area contributed by atoms with Crippen molar-refractivity contribution in [2.75, 3.05) is 33.4 Å². The predicted octanol–water partition coefficient (Wildman–Crippen LogP) is 1.84. The molecule has 2 rings (SSSR count). The lowest BCUT2D eigenvalue weighted by atomic mass is 10.1. The Labute approximate surface area is 114 Å². The van der Waals surface area contributed by atoms with E-state index in [1.165, 1.54) is 0 Å². The van der Waals surface area contributed by atoms with Gasteiger partial charge in [0.05, 0.1) is 25.4 Å². The van der Waals surface area contributed by atoms with Crippen LogP contribution in [0.15, 0.2) is 24.3 Å². The Morgan fingerprint density at radius 2 is 2.05 bits per heavy atom. The highest BCUT2D eigenvalue weighted by atomic mass is 16.5. The molecule has 0 aromatic heterocycles. The number of hydrogen-bond donors (Lipinski definition) is 1. The van der Waals surface area contributed by atoms with Gasteiger partial charge in [-0.2, -0.15) is 0 Å². The molecule has 4 heteroatoms. The van der Waals surface area contributed by atoms with E-state index >= 15 is 0 Å². The smallest absolute Gasteiger partial charge is 0.118 e. The van der Waals surface area contributed by atoms with Crippen LogP contribution < -0.4 is 4.74 Å². The summed E-state index contributed by atoms with van der Waals surface area (Å²) in [5.74, 6) is 0.809. The highest BCUT2D eigenvalue weighted by Gasteiger charge is 2.28. The largest absolute Gasteiger partial charge is 0.497 e. The molecular formula is C15H23NO3. The lowest BCUT2D eigenvalue weighted by molar-refractivity contribution is -0.0932. The van der Waals surface area contributed by atoms with Crippen molar-refractivity contribution in [3.8, 4) is 5.75 Å². The second kappa shape index (κ2) is 5.90. The summed E-state index contributed by atoms with van der Waals surface area (Å²) in [6.45, 7) is 7.25. The summed E-state index contributed by atoms with van der Waals surface area (Å²) >= 11 is 0. The van der Waals surface area contributed by atoms with Crippen LogP contribution >= 0.6 is 0 Å². The fraction of sp³-hybridized carbons (Fsp3) is 0.600. The van der Waals surface area contributed by atoms with Crippen molar-refractivity contribution < 1.29 is 14.6 Å². The van der Waals surface area contributed by atoms with Crippen LogP contribution in [0.1, 0.15) is 25.5 Å². The first kappa shape index (κ1) is 14.3. The molecule has 1 atom stereocenters. The maximum absolute atomic E-state index is 10.3. The van der Waals surface area contributed by atoms with Crippen LogP contribution in [0.25, 0.3) is 0 Å². The Morgan fingerprint density at radius 3 is 2.63 bits per heavy atom. The number of ether oxygens (including phenoxy) is 2. The van der Waals surface area contributed by atoms with Gasteiger partial charge in [0, 0.05) is 19.6 Å². The maximum atomic E-state index is 10.3. The summed E-state index contributed by atoms with van der Waals surface area (Å²) in [7, 11) is 1.64. The molecule has 19 heavy (non-hydrogen) atoms. The van der Waals surface area contributed by atoms with E-state index < -0.39 is 6.10 Å². The van der Waals surface area contributed by atoms with Gasteiger partial charge in [-0.1, -0.05) is 12.1 Å². The van der Waals surface area contributed by atoms with Crippen LogP contribution in [0.3, 0.4) is 0 Å². The zero-order valence-corrected chi connectivity index (χ0v) is 11.9. The maximum Gasteiger partial charge on any atom is 0.118 e. The fourth-order valence-electron chi connectivity index (χ4n) is 2.45. The molecule has 0 spiro atoms. The first-order chi connectivity index (χ1) is 9.00. The van der Waals surface area contributed by atoms with E-state index in [0.717, 1.165) is 31.0 Å². The minimum absolute atomic E-state index is 0.127. The number of benzene rings is 1.